The van der Waals surface area contributed by atoms with Gasteiger partial charge in [-0.05, 0) is 24.6 Å². The summed E-state index contributed by atoms with van der Waals surface area (Å²) in [6.45, 7) is 1.35. The SMILES string of the molecule is COc1ccc2cc(CN3CCCC3=O)c(N)nc2c1. The van der Waals surface area contributed by atoms with Crippen molar-refractivity contribution in [3.8, 4) is 5.75 Å². The number of hydrogen-bond donors (Lipinski definition) is 1. The second kappa shape index (κ2) is 5.00. The maximum absolute atomic E-state index is 11.7. The van der Waals surface area contributed by atoms with Crippen molar-refractivity contribution in [3.63, 3.8) is 0 Å². The zero-order valence-corrected chi connectivity index (χ0v) is 11.4. The predicted molar refractivity (Wildman–Crippen MR) is 77.4 cm³/mol. The van der Waals surface area contributed by atoms with Crippen LogP contribution in [0.4, 0.5) is 5.82 Å². The molecule has 3 rings (SSSR count). The smallest absolute Gasteiger partial charge is 0.222 e. The van der Waals surface area contributed by atoms with Crippen molar-refractivity contribution in [2.75, 3.05) is 19.4 Å². The molecule has 5 nitrogen and oxygen atoms in total. The normalized spacial score (nSPS) is 15.1. The molecule has 0 atom stereocenters. The Morgan fingerprint density at radius 1 is 1.40 bits per heavy atom. The van der Waals surface area contributed by atoms with Crippen molar-refractivity contribution < 1.29 is 9.53 Å². The van der Waals surface area contributed by atoms with Crippen molar-refractivity contribution in [2.24, 2.45) is 0 Å². The van der Waals surface area contributed by atoms with E-state index in [0.29, 0.717) is 18.8 Å². The van der Waals surface area contributed by atoms with Crippen LogP contribution in [0.2, 0.25) is 0 Å². The first kappa shape index (κ1) is 12.7. The number of likely N-dealkylation sites (tertiary alicyclic amines) is 1. The van der Waals surface area contributed by atoms with Crippen molar-refractivity contribution in [3.05, 3.63) is 29.8 Å². The molecule has 5 heteroatoms. The first-order chi connectivity index (χ1) is 9.67. The maximum atomic E-state index is 11.7. The molecule has 1 aliphatic rings. The Morgan fingerprint density at radius 2 is 2.25 bits per heavy atom. The third-order valence-electron chi connectivity index (χ3n) is 3.67. The maximum Gasteiger partial charge on any atom is 0.222 e. The highest BCUT2D eigenvalue weighted by atomic mass is 16.5. The van der Waals surface area contributed by atoms with E-state index in [9.17, 15) is 4.79 Å². The van der Waals surface area contributed by atoms with Crippen LogP contribution in [0.5, 0.6) is 5.75 Å². The summed E-state index contributed by atoms with van der Waals surface area (Å²) in [6, 6.07) is 7.71. The van der Waals surface area contributed by atoms with Gasteiger partial charge in [0.05, 0.1) is 12.6 Å². The van der Waals surface area contributed by atoms with E-state index >= 15 is 0 Å². The number of carbonyl (C=O) groups is 1. The van der Waals surface area contributed by atoms with Gasteiger partial charge in [0.1, 0.15) is 11.6 Å². The van der Waals surface area contributed by atoms with Crippen LogP contribution in [0, 0.1) is 0 Å². The van der Waals surface area contributed by atoms with Crippen molar-refractivity contribution in [1.29, 1.82) is 0 Å². The summed E-state index contributed by atoms with van der Waals surface area (Å²) >= 11 is 0. The van der Waals surface area contributed by atoms with Gasteiger partial charge in [0, 0.05) is 36.5 Å². The number of ether oxygens (including phenoxy) is 1. The summed E-state index contributed by atoms with van der Waals surface area (Å²) in [7, 11) is 1.62. The molecule has 0 saturated carbocycles. The number of pyridine rings is 1. The van der Waals surface area contributed by atoms with E-state index in [1.807, 2.05) is 29.2 Å². The van der Waals surface area contributed by atoms with E-state index in [0.717, 1.165) is 35.2 Å². The van der Waals surface area contributed by atoms with Gasteiger partial charge < -0.3 is 15.4 Å². The van der Waals surface area contributed by atoms with Gasteiger partial charge in [-0.25, -0.2) is 4.98 Å². The van der Waals surface area contributed by atoms with E-state index in [1.54, 1.807) is 7.11 Å². The fourth-order valence-corrected chi connectivity index (χ4v) is 2.54. The minimum absolute atomic E-state index is 0.194. The summed E-state index contributed by atoms with van der Waals surface area (Å²) in [5.74, 6) is 1.43. The Bertz CT molecular complexity index is 669. The molecule has 20 heavy (non-hydrogen) atoms. The van der Waals surface area contributed by atoms with Gasteiger partial charge in [-0.15, -0.1) is 0 Å². The fraction of sp³-hybridized carbons (Fsp3) is 0.333. The van der Waals surface area contributed by atoms with Crippen LogP contribution in [0.3, 0.4) is 0 Å². The van der Waals surface area contributed by atoms with Crippen LogP contribution in [0.15, 0.2) is 24.3 Å². The van der Waals surface area contributed by atoms with E-state index < -0.39 is 0 Å². The van der Waals surface area contributed by atoms with Crippen molar-refractivity contribution >= 4 is 22.6 Å². The van der Waals surface area contributed by atoms with Crippen LogP contribution in [-0.2, 0) is 11.3 Å². The number of rotatable bonds is 3. The minimum Gasteiger partial charge on any atom is -0.497 e. The van der Waals surface area contributed by atoms with Gasteiger partial charge in [0.25, 0.3) is 0 Å². The predicted octanol–water partition coefficient (Wildman–Crippen LogP) is 1.95. The highest BCUT2D eigenvalue weighted by Crippen LogP contribution is 2.24. The standard InChI is InChI=1S/C15H17N3O2/c1-20-12-5-4-10-7-11(15(16)17-13(10)8-12)9-18-6-2-3-14(18)19/h4-5,7-8H,2-3,6,9H2,1H3,(H2,16,17). The summed E-state index contributed by atoms with van der Waals surface area (Å²) in [6.07, 6.45) is 1.56. The molecule has 1 aromatic heterocycles. The summed E-state index contributed by atoms with van der Waals surface area (Å²) in [5.41, 5.74) is 7.72. The monoisotopic (exact) mass is 271 g/mol. The van der Waals surface area contributed by atoms with Crippen molar-refractivity contribution in [1.82, 2.24) is 9.88 Å². The Labute approximate surface area is 117 Å². The second-order valence-corrected chi connectivity index (χ2v) is 5.01. The van der Waals surface area contributed by atoms with E-state index in [1.165, 1.54) is 0 Å². The highest BCUT2D eigenvalue weighted by molar-refractivity contribution is 5.83. The van der Waals surface area contributed by atoms with E-state index in [-0.39, 0.29) is 5.91 Å². The van der Waals surface area contributed by atoms with E-state index in [2.05, 4.69) is 4.98 Å². The van der Waals surface area contributed by atoms with Crippen LogP contribution in [0.25, 0.3) is 10.9 Å². The molecule has 104 valence electrons. The van der Waals surface area contributed by atoms with Crippen LogP contribution in [0.1, 0.15) is 18.4 Å². The number of fused-ring (bicyclic) bond motifs is 1. The number of hydrogen-bond acceptors (Lipinski definition) is 4. The van der Waals surface area contributed by atoms with E-state index in [4.69, 9.17) is 10.5 Å². The molecule has 0 spiro atoms. The molecule has 1 saturated heterocycles. The first-order valence-electron chi connectivity index (χ1n) is 6.68. The number of anilines is 1. The topological polar surface area (TPSA) is 68.5 Å². The van der Waals surface area contributed by atoms with Crippen molar-refractivity contribution in [2.45, 2.75) is 19.4 Å². The molecule has 0 radical (unpaired) electrons. The summed E-state index contributed by atoms with van der Waals surface area (Å²) < 4.78 is 5.18. The third kappa shape index (κ3) is 2.27. The van der Waals surface area contributed by atoms with Gasteiger partial charge in [0.15, 0.2) is 0 Å². The Kier molecular flexibility index (Phi) is 3.18. The van der Waals surface area contributed by atoms with Crippen LogP contribution >= 0.6 is 0 Å². The molecule has 1 amide bonds. The lowest BCUT2D eigenvalue weighted by Gasteiger charge is -2.17. The number of nitrogen functional groups attached to an aromatic ring is 1. The molecule has 0 unspecified atom stereocenters. The lowest BCUT2D eigenvalue weighted by Crippen LogP contribution is -2.24. The molecular weight excluding hydrogens is 254 g/mol. The molecule has 1 aliphatic heterocycles. The molecular formula is C15H17N3O2. The zero-order valence-electron chi connectivity index (χ0n) is 11.4. The molecule has 2 aromatic rings. The van der Waals surface area contributed by atoms with Gasteiger partial charge in [-0.2, -0.15) is 0 Å². The van der Waals surface area contributed by atoms with Gasteiger partial charge in [-0.1, -0.05) is 0 Å². The third-order valence-corrected chi connectivity index (χ3v) is 3.67. The summed E-state index contributed by atoms with van der Waals surface area (Å²) in [4.78, 5) is 17.9. The van der Waals surface area contributed by atoms with Gasteiger partial charge in [0.2, 0.25) is 5.91 Å². The fourth-order valence-electron chi connectivity index (χ4n) is 2.54. The number of benzene rings is 1. The number of nitrogens with two attached hydrogens (primary N) is 1. The summed E-state index contributed by atoms with van der Waals surface area (Å²) in [5, 5.41) is 1.00. The minimum atomic E-state index is 0.194. The Hall–Kier alpha value is -2.30. The second-order valence-electron chi connectivity index (χ2n) is 5.01. The molecule has 0 bridgehead atoms. The number of methoxy groups -OCH3 is 1. The molecule has 0 aliphatic carbocycles. The number of nitrogens with zero attached hydrogens (tertiary/aromatic N) is 2. The average Bonchev–Trinajstić information content (AvgIpc) is 2.84. The lowest BCUT2D eigenvalue weighted by molar-refractivity contribution is -0.128. The molecule has 2 N–H and O–H groups in total. The molecule has 1 fully saturated rings. The van der Waals surface area contributed by atoms with Crippen LogP contribution < -0.4 is 10.5 Å². The molecule has 1 aromatic carbocycles. The molecule has 2 heterocycles. The van der Waals surface area contributed by atoms with Gasteiger partial charge in [-0.3, -0.25) is 4.79 Å². The zero-order chi connectivity index (χ0) is 14.1. The average molecular weight is 271 g/mol. The largest absolute Gasteiger partial charge is 0.497 e. The highest BCUT2D eigenvalue weighted by Gasteiger charge is 2.21. The number of carbonyl (C=O) groups excluding carboxylic acids is 1. The number of aromatic nitrogens is 1. The lowest BCUT2D eigenvalue weighted by atomic mass is 10.1. The van der Waals surface area contributed by atoms with Crippen LogP contribution in [-0.4, -0.2) is 29.4 Å². The van der Waals surface area contributed by atoms with Gasteiger partial charge >= 0.3 is 0 Å². The first-order valence-corrected chi connectivity index (χ1v) is 6.68. The number of amides is 1. The Balaban J connectivity index is 1.95. The Morgan fingerprint density at radius 3 is 2.95 bits per heavy atom. The quantitative estimate of drug-likeness (QED) is 0.926.